The quantitative estimate of drug-likeness (QED) is 0.126. The summed E-state index contributed by atoms with van der Waals surface area (Å²) in [6, 6.07) is 46.3. The Kier molecular flexibility index (Phi) is 15.9. The molecule has 3 heteroatoms. The van der Waals surface area contributed by atoms with Gasteiger partial charge in [0.05, 0.1) is 11.2 Å². The molecule has 2 atom stereocenters. The van der Waals surface area contributed by atoms with E-state index in [0.29, 0.717) is 5.92 Å². The van der Waals surface area contributed by atoms with Crippen molar-refractivity contribution in [3.63, 3.8) is 0 Å². The van der Waals surface area contributed by atoms with E-state index in [1.807, 2.05) is 33.8 Å². The summed E-state index contributed by atoms with van der Waals surface area (Å²) in [4.78, 5) is 5.33. The van der Waals surface area contributed by atoms with Crippen LogP contribution in [0.15, 0.2) is 181 Å². The van der Waals surface area contributed by atoms with E-state index in [1.54, 1.807) is 0 Å². The number of aromatic nitrogens is 1. The van der Waals surface area contributed by atoms with Crippen molar-refractivity contribution >= 4 is 61.7 Å². The molecule has 0 spiro atoms. The van der Waals surface area contributed by atoms with Crippen molar-refractivity contribution in [3.8, 4) is 11.1 Å². The van der Waals surface area contributed by atoms with Crippen molar-refractivity contribution in [2.24, 2.45) is 10.9 Å². The highest BCUT2D eigenvalue weighted by molar-refractivity contribution is 6.14. The van der Waals surface area contributed by atoms with Gasteiger partial charge in [-0.1, -0.05) is 207 Å². The number of nitrogens with one attached hydrogen (secondary N) is 1. The third-order valence-electron chi connectivity index (χ3n) is 12.2. The van der Waals surface area contributed by atoms with Crippen LogP contribution in [-0.4, -0.2) is 16.4 Å². The molecule has 3 aliphatic rings. The average Bonchev–Trinajstić information content (AvgIpc) is 3.48. The normalized spacial score (nSPS) is 16.7. The number of aryl methyl sites for hydroxylation is 1. The second kappa shape index (κ2) is 22.3. The minimum absolute atomic E-state index is 0.183. The second-order valence-corrected chi connectivity index (χ2v) is 16.6. The molecular formula is C62H67N3. The van der Waals surface area contributed by atoms with Crippen molar-refractivity contribution in [3.05, 3.63) is 204 Å². The van der Waals surface area contributed by atoms with Gasteiger partial charge in [-0.2, -0.15) is 0 Å². The molecule has 1 aromatic heterocycles. The van der Waals surface area contributed by atoms with Gasteiger partial charge in [0.25, 0.3) is 0 Å². The van der Waals surface area contributed by atoms with Gasteiger partial charge in [-0.05, 0) is 128 Å². The molecule has 7 aromatic rings. The summed E-state index contributed by atoms with van der Waals surface area (Å²) in [5, 5.41) is 10.4. The Hall–Kier alpha value is -6.71. The summed E-state index contributed by atoms with van der Waals surface area (Å²) in [6.07, 6.45) is 24.6. The SMILES string of the molecule is C=C/C(=C\c1cc2ccccc2n1C1=CC(c2ccccc2)=NC(C2=CC=CC(C)CC2)N1)c1ccccc1-c1ccc2c(c1)c1c(c3ccccc32)CCCC=C1.CC.CC.CCC. The fourth-order valence-electron chi connectivity index (χ4n) is 9.22. The molecule has 65 heavy (non-hydrogen) atoms. The molecule has 2 aliphatic carbocycles. The predicted octanol–water partition coefficient (Wildman–Crippen LogP) is 17.3. The van der Waals surface area contributed by atoms with E-state index in [1.165, 1.54) is 67.6 Å². The van der Waals surface area contributed by atoms with Gasteiger partial charge in [0, 0.05) is 17.2 Å². The standard InChI is InChI=1S/C55H47N3.C3H8.2C2H6/c1-3-38(44-22-11-12-23-45(44)41-31-32-50-48-27-14-13-26-46(48)47-24-8-5-9-25-49(47)51(50)35-41)33-43-34-42-20-10-15-28-53(42)58(43)54-36-52(39-18-6-4-7-19-39)56-55(57-54)40-21-16-17-37(2)29-30-40;1-3-2;2*1-2/h3-4,6-7,9-23,25-28,31-37,55,57H,1,5,8,24,29-30H2,2H3;3H2,1-2H3;2*1-2H3/b38-33+;;;. The van der Waals surface area contributed by atoms with Crippen molar-refractivity contribution in [1.82, 2.24) is 9.88 Å². The lowest BCUT2D eigenvalue weighted by Gasteiger charge is -2.28. The second-order valence-electron chi connectivity index (χ2n) is 16.6. The van der Waals surface area contributed by atoms with Gasteiger partial charge in [0.15, 0.2) is 0 Å². The van der Waals surface area contributed by atoms with Gasteiger partial charge in [0.1, 0.15) is 12.0 Å². The molecule has 1 N–H and O–H groups in total. The molecule has 0 radical (unpaired) electrons. The van der Waals surface area contributed by atoms with E-state index >= 15 is 0 Å². The highest BCUT2D eigenvalue weighted by atomic mass is 15.2. The Morgan fingerprint density at radius 1 is 0.769 bits per heavy atom. The van der Waals surface area contributed by atoms with Crippen LogP contribution in [0.1, 0.15) is 109 Å². The first kappa shape index (κ1) is 46.3. The Labute approximate surface area is 389 Å². The lowest BCUT2D eigenvalue weighted by Crippen LogP contribution is -2.35. The van der Waals surface area contributed by atoms with Crippen LogP contribution in [0.25, 0.3) is 67.1 Å². The van der Waals surface area contributed by atoms with Crippen LogP contribution in [0, 0.1) is 5.92 Å². The molecule has 0 fully saturated rings. The summed E-state index contributed by atoms with van der Waals surface area (Å²) in [7, 11) is 0. The van der Waals surface area contributed by atoms with Crippen LogP contribution < -0.4 is 5.32 Å². The Bertz CT molecular complexity index is 2950. The number of hydrogen-bond acceptors (Lipinski definition) is 2. The van der Waals surface area contributed by atoms with Gasteiger partial charge in [0.2, 0.25) is 0 Å². The summed E-state index contributed by atoms with van der Waals surface area (Å²) in [6.45, 7) is 18.9. The molecule has 3 nitrogen and oxygen atoms in total. The molecule has 330 valence electrons. The molecule has 6 aromatic carbocycles. The van der Waals surface area contributed by atoms with E-state index in [2.05, 4.69) is 207 Å². The molecular weight excluding hydrogens is 787 g/mol. The molecule has 0 amide bonds. The summed E-state index contributed by atoms with van der Waals surface area (Å²) in [5.74, 6) is 1.54. The van der Waals surface area contributed by atoms with Gasteiger partial charge in [-0.25, -0.2) is 0 Å². The molecule has 10 rings (SSSR count). The van der Waals surface area contributed by atoms with Crippen LogP contribution in [0.5, 0.6) is 0 Å². The average molecular weight is 854 g/mol. The first-order valence-electron chi connectivity index (χ1n) is 24.2. The molecule has 2 unspecified atom stereocenters. The Morgan fingerprint density at radius 3 is 2.28 bits per heavy atom. The Morgan fingerprint density at radius 2 is 1.48 bits per heavy atom. The third kappa shape index (κ3) is 10.0. The van der Waals surface area contributed by atoms with E-state index in [0.717, 1.165) is 65.1 Å². The van der Waals surface area contributed by atoms with E-state index in [4.69, 9.17) is 4.99 Å². The first-order valence-corrected chi connectivity index (χ1v) is 24.2. The van der Waals surface area contributed by atoms with Crippen molar-refractivity contribution in [1.29, 1.82) is 0 Å². The van der Waals surface area contributed by atoms with Crippen LogP contribution in [0.2, 0.25) is 0 Å². The summed E-state index contributed by atoms with van der Waals surface area (Å²) >= 11 is 0. The van der Waals surface area contributed by atoms with Gasteiger partial charge in [-0.3, -0.25) is 9.56 Å². The minimum Gasteiger partial charge on any atom is -0.346 e. The number of hydrogen-bond donors (Lipinski definition) is 1. The fourth-order valence-corrected chi connectivity index (χ4v) is 9.22. The third-order valence-corrected chi connectivity index (χ3v) is 12.2. The number of rotatable bonds is 7. The summed E-state index contributed by atoms with van der Waals surface area (Å²) < 4.78 is 2.37. The first-order chi connectivity index (χ1) is 32.0. The number of nitrogens with zero attached hydrogens (tertiary/aromatic N) is 2. The van der Waals surface area contributed by atoms with Crippen molar-refractivity contribution < 1.29 is 0 Å². The van der Waals surface area contributed by atoms with Crippen LogP contribution in [-0.2, 0) is 6.42 Å². The number of allylic oxidation sites excluding steroid dienone is 7. The molecule has 1 aliphatic heterocycles. The number of para-hydroxylation sites is 1. The predicted molar refractivity (Wildman–Crippen MR) is 287 cm³/mol. The largest absolute Gasteiger partial charge is 0.346 e. The van der Waals surface area contributed by atoms with Crippen molar-refractivity contribution in [2.75, 3.05) is 0 Å². The number of fused-ring (bicyclic) bond motifs is 7. The van der Waals surface area contributed by atoms with E-state index < -0.39 is 0 Å². The van der Waals surface area contributed by atoms with Gasteiger partial charge >= 0.3 is 0 Å². The highest BCUT2D eigenvalue weighted by Gasteiger charge is 2.24. The number of aliphatic imine (C=N–C) groups is 1. The van der Waals surface area contributed by atoms with Crippen LogP contribution in [0.4, 0.5) is 0 Å². The van der Waals surface area contributed by atoms with Gasteiger partial charge in [-0.15, -0.1) is 0 Å². The lowest BCUT2D eigenvalue weighted by atomic mass is 9.87. The molecule has 0 saturated heterocycles. The molecule has 0 bridgehead atoms. The highest BCUT2D eigenvalue weighted by Crippen LogP contribution is 2.40. The maximum Gasteiger partial charge on any atom is 0.142 e. The van der Waals surface area contributed by atoms with Crippen LogP contribution >= 0.6 is 0 Å². The van der Waals surface area contributed by atoms with Crippen molar-refractivity contribution in [2.45, 2.75) is 93.2 Å². The zero-order valence-electron chi connectivity index (χ0n) is 39.7. The lowest BCUT2D eigenvalue weighted by molar-refractivity contribution is 0.596. The summed E-state index contributed by atoms with van der Waals surface area (Å²) in [5.41, 5.74) is 13.0. The monoisotopic (exact) mass is 854 g/mol. The number of benzene rings is 6. The zero-order chi connectivity index (χ0) is 45.7. The van der Waals surface area contributed by atoms with Crippen LogP contribution in [0.3, 0.4) is 0 Å². The smallest absolute Gasteiger partial charge is 0.142 e. The maximum atomic E-state index is 5.33. The molecule has 0 saturated carbocycles. The van der Waals surface area contributed by atoms with Gasteiger partial charge < -0.3 is 5.32 Å². The molecule has 2 heterocycles. The maximum absolute atomic E-state index is 5.33. The minimum atomic E-state index is -0.183. The van der Waals surface area contributed by atoms with E-state index in [9.17, 15) is 0 Å². The fraction of sp³-hybridized carbons (Fsp3) is 0.242. The topological polar surface area (TPSA) is 29.3 Å². The zero-order valence-corrected chi connectivity index (χ0v) is 39.7. The van der Waals surface area contributed by atoms with E-state index in [-0.39, 0.29) is 6.17 Å². The Balaban J connectivity index is 0.000000855.